The van der Waals surface area contributed by atoms with Crippen molar-refractivity contribution in [1.82, 2.24) is 9.97 Å². The number of anilines is 1. The largest absolute Gasteiger partial charge is 0.379 e. The molecule has 0 aliphatic heterocycles. The zero-order chi connectivity index (χ0) is 13.0. The third kappa shape index (κ3) is 3.70. The Hall–Kier alpha value is -0.580. The molecule has 1 aromatic rings. The van der Waals surface area contributed by atoms with Gasteiger partial charge >= 0.3 is 0 Å². The molecule has 18 heavy (non-hydrogen) atoms. The maximum atomic E-state index is 5.99. The van der Waals surface area contributed by atoms with Crippen molar-refractivity contribution in [2.75, 3.05) is 31.7 Å². The highest BCUT2D eigenvalue weighted by Gasteiger charge is 2.21. The van der Waals surface area contributed by atoms with Crippen LogP contribution in [-0.2, 0) is 10.6 Å². The summed E-state index contributed by atoms with van der Waals surface area (Å²) in [4.78, 5) is 10.2. The van der Waals surface area contributed by atoms with Crippen molar-refractivity contribution in [2.45, 2.75) is 18.7 Å². The Balaban J connectivity index is 1.86. The highest BCUT2D eigenvalue weighted by atomic mass is 35.5. The second-order valence-corrected chi connectivity index (χ2v) is 5.17. The molecular formula is C12H17Cl2N3O. The van der Waals surface area contributed by atoms with Crippen LogP contribution in [0.2, 0.25) is 5.15 Å². The van der Waals surface area contributed by atoms with Gasteiger partial charge in [0.15, 0.2) is 0 Å². The molecule has 0 aromatic carbocycles. The van der Waals surface area contributed by atoms with Gasteiger partial charge in [0.1, 0.15) is 17.3 Å². The van der Waals surface area contributed by atoms with E-state index in [1.807, 2.05) is 11.9 Å². The topological polar surface area (TPSA) is 38.2 Å². The predicted octanol–water partition coefficient (Wildman–Crippen LogP) is 2.73. The number of hydrogen-bond donors (Lipinski definition) is 0. The summed E-state index contributed by atoms with van der Waals surface area (Å²) in [5, 5.41) is 0.417. The Morgan fingerprint density at radius 2 is 2.22 bits per heavy atom. The number of aromatic nitrogens is 2. The molecule has 1 saturated carbocycles. The van der Waals surface area contributed by atoms with Crippen LogP contribution < -0.4 is 4.90 Å². The monoisotopic (exact) mass is 289 g/mol. The molecule has 4 nitrogen and oxygen atoms in total. The molecule has 1 aliphatic carbocycles. The smallest absolute Gasteiger partial charge is 0.138 e. The molecule has 6 heteroatoms. The first kappa shape index (κ1) is 13.8. The number of rotatable bonds is 7. The van der Waals surface area contributed by atoms with Gasteiger partial charge in [-0.25, -0.2) is 9.97 Å². The van der Waals surface area contributed by atoms with Crippen LogP contribution >= 0.6 is 23.2 Å². The van der Waals surface area contributed by atoms with Crippen LogP contribution in [0, 0.1) is 5.92 Å². The van der Waals surface area contributed by atoms with Gasteiger partial charge in [-0.1, -0.05) is 11.6 Å². The summed E-state index contributed by atoms with van der Waals surface area (Å²) >= 11 is 11.9. The summed E-state index contributed by atoms with van der Waals surface area (Å²) in [7, 11) is 1.95. The van der Waals surface area contributed by atoms with Crippen molar-refractivity contribution in [1.29, 1.82) is 0 Å². The van der Waals surface area contributed by atoms with E-state index in [-0.39, 0.29) is 0 Å². The van der Waals surface area contributed by atoms with Gasteiger partial charge in [0.2, 0.25) is 0 Å². The fraction of sp³-hybridized carbons (Fsp3) is 0.667. The number of nitrogens with zero attached hydrogens (tertiary/aromatic N) is 3. The Morgan fingerprint density at radius 1 is 1.44 bits per heavy atom. The molecule has 0 N–H and O–H groups in total. The molecule has 100 valence electrons. The highest BCUT2D eigenvalue weighted by Crippen LogP contribution is 2.28. The van der Waals surface area contributed by atoms with E-state index in [9.17, 15) is 0 Å². The van der Waals surface area contributed by atoms with Gasteiger partial charge in [-0.2, -0.15) is 0 Å². The van der Waals surface area contributed by atoms with Crippen molar-refractivity contribution in [2.24, 2.45) is 5.92 Å². The van der Waals surface area contributed by atoms with Gasteiger partial charge in [-0.3, -0.25) is 0 Å². The first-order valence-electron chi connectivity index (χ1n) is 6.06. The molecule has 1 aromatic heterocycles. The summed E-state index contributed by atoms with van der Waals surface area (Å²) in [6.07, 6.45) is 4.08. The molecule has 0 spiro atoms. The quantitative estimate of drug-likeness (QED) is 0.440. The second-order valence-electron chi connectivity index (χ2n) is 4.54. The van der Waals surface area contributed by atoms with Crippen molar-refractivity contribution in [3.63, 3.8) is 0 Å². The van der Waals surface area contributed by atoms with Crippen LogP contribution in [0.4, 0.5) is 5.82 Å². The summed E-state index contributed by atoms with van der Waals surface area (Å²) in [5.74, 6) is 1.88. The van der Waals surface area contributed by atoms with Crippen LogP contribution in [0.25, 0.3) is 0 Å². The molecule has 0 atom stereocenters. The lowest BCUT2D eigenvalue weighted by Crippen LogP contribution is -2.25. The molecule has 0 amide bonds. The van der Waals surface area contributed by atoms with E-state index >= 15 is 0 Å². The summed E-state index contributed by atoms with van der Waals surface area (Å²) < 4.78 is 5.60. The maximum Gasteiger partial charge on any atom is 0.138 e. The van der Waals surface area contributed by atoms with Crippen LogP contribution in [0.5, 0.6) is 0 Å². The van der Waals surface area contributed by atoms with Crippen molar-refractivity contribution >= 4 is 29.0 Å². The third-order valence-electron chi connectivity index (χ3n) is 2.99. The predicted molar refractivity (Wildman–Crippen MR) is 73.4 cm³/mol. The summed E-state index contributed by atoms with van der Waals surface area (Å²) in [6, 6.07) is 0. The van der Waals surface area contributed by atoms with Gasteiger partial charge in [-0.15, -0.1) is 11.6 Å². The molecule has 0 radical (unpaired) electrons. The maximum absolute atomic E-state index is 5.99. The van der Waals surface area contributed by atoms with E-state index < -0.39 is 0 Å². The van der Waals surface area contributed by atoms with E-state index in [1.165, 1.54) is 19.2 Å². The van der Waals surface area contributed by atoms with E-state index in [4.69, 9.17) is 27.9 Å². The summed E-state index contributed by atoms with van der Waals surface area (Å²) in [5.41, 5.74) is 0.769. The van der Waals surface area contributed by atoms with Crippen LogP contribution in [0.1, 0.15) is 18.4 Å². The minimum atomic E-state index is 0.308. The highest BCUT2D eigenvalue weighted by molar-refractivity contribution is 6.31. The van der Waals surface area contributed by atoms with E-state index in [1.54, 1.807) is 0 Å². The Kier molecular flexibility index (Phi) is 5.03. The zero-order valence-electron chi connectivity index (χ0n) is 10.4. The average Bonchev–Trinajstić information content (AvgIpc) is 3.18. The van der Waals surface area contributed by atoms with Gasteiger partial charge < -0.3 is 9.64 Å². The van der Waals surface area contributed by atoms with E-state index in [0.717, 1.165) is 30.5 Å². The Morgan fingerprint density at radius 3 is 2.89 bits per heavy atom. The SMILES string of the molecule is CN(CCOCC1CC1)c1ncnc(Cl)c1CCl. The number of alkyl halides is 1. The first-order valence-corrected chi connectivity index (χ1v) is 6.98. The third-order valence-corrected chi connectivity index (χ3v) is 3.58. The number of likely N-dealkylation sites (N-methyl/N-ethyl adjacent to an activating group) is 1. The van der Waals surface area contributed by atoms with Crippen molar-refractivity contribution in [3.8, 4) is 0 Å². The molecule has 1 aliphatic rings. The molecule has 2 rings (SSSR count). The lowest BCUT2D eigenvalue weighted by atomic mass is 10.3. The molecule has 0 unspecified atom stereocenters. The number of ether oxygens (including phenoxy) is 1. The van der Waals surface area contributed by atoms with E-state index in [0.29, 0.717) is 17.6 Å². The fourth-order valence-electron chi connectivity index (χ4n) is 1.67. The lowest BCUT2D eigenvalue weighted by Gasteiger charge is -2.20. The standard InChI is InChI=1S/C12H17Cl2N3O/c1-17(4-5-18-7-9-2-3-9)12-10(6-13)11(14)15-8-16-12/h8-9H,2-7H2,1H3. The fourth-order valence-corrected chi connectivity index (χ4v) is 2.18. The number of halogens is 2. The average molecular weight is 290 g/mol. The Labute approximate surface area is 117 Å². The van der Waals surface area contributed by atoms with Crippen LogP contribution in [0.15, 0.2) is 6.33 Å². The number of hydrogen-bond acceptors (Lipinski definition) is 4. The molecule has 1 fully saturated rings. The molecule has 0 saturated heterocycles. The minimum absolute atomic E-state index is 0.308. The first-order chi connectivity index (χ1) is 8.72. The molecular weight excluding hydrogens is 273 g/mol. The normalized spacial score (nSPS) is 14.8. The van der Waals surface area contributed by atoms with Gasteiger partial charge in [-0.05, 0) is 18.8 Å². The molecule has 1 heterocycles. The minimum Gasteiger partial charge on any atom is -0.379 e. The van der Waals surface area contributed by atoms with Gasteiger partial charge in [0.05, 0.1) is 12.5 Å². The van der Waals surface area contributed by atoms with Crippen molar-refractivity contribution < 1.29 is 4.74 Å². The zero-order valence-corrected chi connectivity index (χ0v) is 11.9. The van der Waals surface area contributed by atoms with E-state index in [2.05, 4.69) is 9.97 Å². The van der Waals surface area contributed by atoms with Gasteiger partial charge in [0.25, 0.3) is 0 Å². The second kappa shape index (κ2) is 6.55. The van der Waals surface area contributed by atoms with Crippen LogP contribution in [0.3, 0.4) is 0 Å². The molecule has 0 bridgehead atoms. The Bertz CT molecular complexity index is 399. The van der Waals surface area contributed by atoms with Crippen molar-refractivity contribution in [3.05, 3.63) is 17.0 Å². The lowest BCUT2D eigenvalue weighted by molar-refractivity contribution is 0.130. The van der Waals surface area contributed by atoms with Crippen LogP contribution in [-0.4, -0.2) is 36.8 Å². The van der Waals surface area contributed by atoms with Gasteiger partial charge in [0, 0.05) is 25.8 Å². The summed E-state index contributed by atoms with van der Waals surface area (Å²) in [6.45, 7) is 2.33.